The van der Waals surface area contributed by atoms with Crippen LogP contribution >= 0.6 is 0 Å². The predicted octanol–water partition coefficient (Wildman–Crippen LogP) is 4.62. The Bertz CT molecular complexity index is 445. The quantitative estimate of drug-likeness (QED) is 0.572. The average Bonchev–Trinajstić information content (AvgIpc) is 2.58. The molecule has 1 amide bonds. The zero-order valence-electron chi connectivity index (χ0n) is 14.2. The smallest absolute Gasteiger partial charge is 0.407 e. The maximum atomic E-state index is 11.5. The van der Waals surface area contributed by atoms with Crippen LogP contribution in [0.4, 0.5) is 4.79 Å². The number of nitrogens with one attached hydrogen (secondary N) is 1. The molecule has 0 aliphatic heterocycles. The maximum Gasteiger partial charge on any atom is 0.407 e. The van der Waals surface area contributed by atoms with E-state index in [4.69, 9.17) is 4.74 Å². The largest absolute Gasteiger partial charge is 0.445 e. The van der Waals surface area contributed by atoms with E-state index < -0.39 is 0 Å². The number of rotatable bonds is 12. The van der Waals surface area contributed by atoms with Crippen molar-refractivity contribution in [1.29, 1.82) is 0 Å². The molecule has 1 aromatic rings. The van der Waals surface area contributed by atoms with Gasteiger partial charge in [0, 0.05) is 19.4 Å². The number of ether oxygens (including phenoxy) is 1. The summed E-state index contributed by atoms with van der Waals surface area (Å²) >= 11 is 0. The number of carbonyl (C=O) groups excluding carboxylic acids is 2. The lowest BCUT2D eigenvalue weighted by Crippen LogP contribution is -2.25. The highest BCUT2D eigenvalue weighted by atomic mass is 16.5. The van der Waals surface area contributed by atoms with Crippen LogP contribution in [0.15, 0.2) is 30.3 Å². The first kappa shape index (κ1) is 19.2. The van der Waals surface area contributed by atoms with Gasteiger partial charge in [-0.1, -0.05) is 56.5 Å². The van der Waals surface area contributed by atoms with E-state index in [-0.39, 0.29) is 6.09 Å². The molecular formula is C19H29NO3. The zero-order chi connectivity index (χ0) is 16.8. The SMILES string of the molecule is CCCCC(=O)CCCCCCNC(=O)OCc1ccccc1. The first-order valence-corrected chi connectivity index (χ1v) is 8.68. The van der Waals surface area contributed by atoms with E-state index in [9.17, 15) is 9.59 Å². The van der Waals surface area contributed by atoms with Crippen molar-refractivity contribution in [1.82, 2.24) is 5.32 Å². The third-order valence-corrected chi connectivity index (χ3v) is 3.67. The molecule has 0 atom stereocenters. The molecule has 0 bridgehead atoms. The maximum absolute atomic E-state index is 11.5. The topological polar surface area (TPSA) is 55.4 Å². The Hall–Kier alpha value is -1.84. The lowest BCUT2D eigenvalue weighted by Gasteiger charge is -2.07. The molecule has 0 saturated carbocycles. The van der Waals surface area contributed by atoms with Gasteiger partial charge in [0.15, 0.2) is 0 Å². The van der Waals surface area contributed by atoms with Gasteiger partial charge in [0.1, 0.15) is 12.4 Å². The van der Waals surface area contributed by atoms with Gasteiger partial charge in [-0.2, -0.15) is 0 Å². The third-order valence-electron chi connectivity index (χ3n) is 3.67. The van der Waals surface area contributed by atoms with E-state index in [2.05, 4.69) is 12.2 Å². The van der Waals surface area contributed by atoms with Crippen LogP contribution < -0.4 is 5.32 Å². The number of alkyl carbamates (subject to hydrolysis) is 1. The zero-order valence-corrected chi connectivity index (χ0v) is 14.2. The summed E-state index contributed by atoms with van der Waals surface area (Å²) in [5.41, 5.74) is 0.982. The number of amides is 1. The monoisotopic (exact) mass is 319 g/mol. The van der Waals surface area contributed by atoms with E-state index in [1.54, 1.807) is 0 Å². The summed E-state index contributed by atoms with van der Waals surface area (Å²) < 4.78 is 5.13. The lowest BCUT2D eigenvalue weighted by atomic mass is 10.1. The molecule has 4 heteroatoms. The molecule has 128 valence electrons. The van der Waals surface area contributed by atoms with E-state index >= 15 is 0 Å². The van der Waals surface area contributed by atoms with Crippen molar-refractivity contribution in [2.24, 2.45) is 0 Å². The van der Waals surface area contributed by atoms with Gasteiger partial charge in [0.2, 0.25) is 0 Å². The number of Topliss-reactive ketones (excluding diaryl/α,β-unsaturated/α-hetero) is 1. The molecule has 1 aromatic carbocycles. The molecule has 0 heterocycles. The second-order valence-electron chi connectivity index (χ2n) is 5.79. The molecule has 0 fully saturated rings. The molecule has 4 nitrogen and oxygen atoms in total. The van der Waals surface area contributed by atoms with Crippen molar-refractivity contribution in [3.8, 4) is 0 Å². The highest BCUT2D eigenvalue weighted by Crippen LogP contribution is 2.06. The molecule has 0 aromatic heterocycles. The summed E-state index contributed by atoms with van der Waals surface area (Å²) in [6, 6.07) is 9.62. The van der Waals surface area contributed by atoms with E-state index in [1.807, 2.05) is 30.3 Å². The van der Waals surface area contributed by atoms with Gasteiger partial charge >= 0.3 is 6.09 Å². The third kappa shape index (κ3) is 10.5. The Morgan fingerprint density at radius 3 is 2.39 bits per heavy atom. The van der Waals surface area contributed by atoms with Crippen molar-refractivity contribution in [3.05, 3.63) is 35.9 Å². The fourth-order valence-electron chi connectivity index (χ4n) is 2.26. The molecule has 1 N–H and O–H groups in total. The van der Waals surface area contributed by atoms with Crippen LogP contribution in [-0.4, -0.2) is 18.4 Å². The summed E-state index contributed by atoms with van der Waals surface area (Å²) in [5, 5.41) is 2.75. The second-order valence-corrected chi connectivity index (χ2v) is 5.79. The second kappa shape index (κ2) is 12.7. The molecule has 23 heavy (non-hydrogen) atoms. The van der Waals surface area contributed by atoms with Crippen LogP contribution in [0.1, 0.15) is 63.9 Å². The number of unbranched alkanes of at least 4 members (excludes halogenated alkanes) is 4. The normalized spacial score (nSPS) is 10.3. The summed E-state index contributed by atoms with van der Waals surface area (Å²) in [7, 11) is 0. The number of hydrogen-bond donors (Lipinski definition) is 1. The minimum absolute atomic E-state index is 0.298. The van der Waals surface area contributed by atoms with Crippen LogP contribution in [0, 0.1) is 0 Å². The molecule has 1 rings (SSSR count). The molecule has 0 spiro atoms. The van der Waals surface area contributed by atoms with Gasteiger partial charge in [-0.05, 0) is 24.8 Å². The van der Waals surface area contributed by atoms with Gasteiger partial charge in [-0.25, -0.2) is 4.79 Å². The van der Waals surface area contributed by atoms with Crippen molar-refractivity contribution >= 4 is 11.9 Å². The van der Waals surface area contributed by atoms with Crippen molar-refractivity contribution in [2.75, 3.05) is 6.54 Å². The summed E-state index contributed by atoms with van der Waals surface area (Å²) in [4.78, 5) is 23.0. The van der Waals surface area contributed by atoms with Gasteiger partial charge in [-0.15, -0.1) is 0 Å². The summed E-state index contributed by atoms with van der Waals surface area (Å²) in [6.07, 6.45) is 7.09. The Morgan fingerprint density at radius 1 is 0.957 bits per heavy atom. The molecule has 0 aliphatic rings. The highest BCUT2D eigenvalue weighted by Gasteiger charge is 2.03. The minimum atomic E-state index is -0.372. The van der Waals surface area contributed by atoms with E-state index in [0.717, 1.165) is 50.5 Å². The fraction of sp³-hybridized carbons (Fsp3) is 0.579. The van der Waals surface area contributed by atoms with E-state index in [1.165, 1.54) is 0 Å². The van der Waals surface area contributed by atoms with Crippen LogP contribution in [0.25, 0.3) is 0 Å². The minimum Gasteiger partial charge on any atom is -0.445 e. The Morgan fingerprint density at radius 2 is 1.65 bits per heavy atom. The van der Waals surface area contributed by atoms with Gasteiger partial charge in [0.25, 0.3) is 0 Å². The molecule has 0 radical (unpaired) electrons. The Balaban J connectivity index is 1.92. The predicted molar refractivity (Wildman–Crippen MR) is 92.2 cm³/mol. The first-order valence-electron chi connectivity index (χ1n) is 8.68. The number of carbonyl (C=O) groups is 2. The van der Waals surface area contributed by atoms with Crippen molar-refractivity contribution in [2.45, 2.75) is 64.9 Å². The van der Waals surface area contributed by atoms with Crippen LogP contribution in [-0.2, 0) is 16.1 Å². The van der Waals surface area contributed by atoms with E-state index in [0.29, 0.717) is 25.4 Å². The van der Waals surface area contributed by atoms with Crippen LogP contribution in [0.5, 0.6) is 0 Å². The highest BCUT2D eigenvalue weighted by molar-refractivity contribution is 5.78. The van der Waals surface area contributed by atoms with Crippen LogP contribution in [0.2, 0.25) is 0 Å². The van der Waals surface area contributed by atoms with Gasteiger partial charge in [0.05, 0.1) is 0 Å². The number of hydrogen-bond acceptors (Lipinski definition) is 3. The van der Waals surface area contributed by atoms with Crippen molar-refractivity contribution in [3.63, 3.8) is 0 Å². The average molecular weight is 319 g/mol. The first-order chi connectivity index (χ1) is 11.2. The number of benzene rings is 1. The van der Waals surface area contributed by atoms with Gasteiger partial charge in [-0.3, -0.25) is 4.79 Å². The molecule has 0 aliphatic carbocycles. The Kier molecular flexibility index (Phi) is 10.6. The Labute approximate surface area is 139 Å². The van der Waals surface area contributed by atoms with Crippen LogP contribution in [0.3, 0.4) is 0 Å². The molecule has 0 saturated heterocycles. The standard InChI is InChI=1S/C19H29NO3/c1-2-3-13-18(21)14-9-4-5-10-15-20-19(22)23-16-17-11-7-6-8-12-17/h6-8,11-12H,2-5,9-10,13-16H2,1H3,(H,20,22). The summed E-state index contributed by atoms with van der Waals surface area (Å²) in [6.45, 7) is 3.02. The molecular weight excluding hydrogens is 290 g/mol. The summed E-state index contributed by atoms with van der Waals surface area (Å²) in [5.74, 6) is 0.384. The fourth-order valence-corrected chi connectivity index (χ4v) is 2.26. The number of ketones is 1. The van der Waals surface area contributed by atoms with Crippen molar-refractivity contribution < 1.29 is 14.3 Å². The lowest BCUT2D eigenvalue weighted by molar-refractivity contribution is -0.119. The molecule has 0 unspecified atom stereocenters. The van der Waals surface area contributed by atoms with Gasteiger partial charge < -0.3 is 10.1 Å².